The quantitative estimate of drug-likeness (QED) is 0.814. The highest BCUT2D eigenvalue weighted by molar-refractivity contribution is 5.89. The van der Waals surface area contributed by atoms with Crippen molar-refractivity contribution < 1.29 is 14.6 Å². The van der Waals surface area contributed by atoms with Crippen LogP contribution in [-0.2, 0) is 0 Å². The van der Waals surface area contributed by atoms with Gasteiger partial charge in [0.2, 0.25) is 0 Å². The summed E-state index contributed by atoms with van der Waals surface area (Å²) in [6, 6.07) is 6.99. The number of carbonyl (C=O) groups is 1. The van der Waals surface area contributed by atoms with Crippen LogP contribution in [0.3, 0.4) is 0 Å². The third kappa shape index (κ3) is 3.72. The molecule has 5 heteroatoms. The first-order valence-electron chi connectivity index (χ1n) is 6.27. The summed E-state index contributed by atoms with van der Waals surface area (Å²) < 4.78 is 5.40. The molecule has 1 aromatic carbocycles. The van der Waals surface area contributed by atoms with E-state index in [0.29, 0.717) is 37.6 Å². The highest BCUT2D eigenvalue weighted by Crippen LogP contribution is 2.18. The lowest BCUT2D eigenvalue weighted by atomic mass is 10.3. The summed E-state index contributed by atoms with van der Waals surface area (Å²) in [5.74, 6) is 0.680. The Hall–Kier alpha value is -2.01. The molecule has 0 radical (unpaired) electrons. The second kappa shape index (κ2) is 6.24. The Bertz CT molecular complexity index is 462. The van der Waals surface area contributed by atoms with E-state index < -0.39 is 6.10 Å². The van der Waals surface area contributed by atoms with Gasteiger partial charge in [-0.1, -0.05) is 18.7 Å². The second-order valence-electron chi connectivity index (χ2n) is 4.45. The Morgan fingerprint density at radius 3 is 3.16 bits per heavy atom. The molecule has 0 unspecified atom stereocenters. The molecule has 0 saturated carbocycles. The highest BCUT2D eigenvalue weighted by Gasteiger charge is 2.24. The lowest BCUT2D eigenvalue weighted by Crippen LogP contribution is -2.33. The summed E-state index contributed by atoms with van der Waals surface area (Å²) in [6.45, 7) is 4.98. The number of β-amino-alcohol motifs (C(OH)–C–C–N with tert-alkyl or cyclic N) is 1. The molecule has 0 aliphatic carbocycles. The number of amides is 2. The van der Waals surface area contributed by atoms with Crippen LogP contribution in [0.2, 0.25) is 0 Å². The lowest BCUT2D eigenvalue weighted by molar-refractivity contribution is 0.176. The van der Waals surface area contributed by atoms with Crippen molar-refractivity contribution in [3.05, 3.63) is 36.9 Å². The first-order chi connectivity index (χ1) is 9.19. The van der Waals surface area contributed by atoms with Gasteiger partial charge < -0.3 is 20.1 Å². The van der Waals surface area contributed by atoms with Crippen LogP contribution >= 0.6 is 0 Å². The summed E-state index contributed by atoms with van der Waals surface area (Å²) in [4.78, 5) is 13.5. The minimum atomic E-state index is -0.409. The number of likely N-dealkylation sites (tertiary alicyclic amines) is 1. The topological polar surface area (TPSA) is 61.8 Å². The van der Waals surface area contributed by atoms with Crippen molar-refractivity contribution in [3.8, 4) is 5.75 Å². The normalized spacial score (nSPS) is 18.2. The van der Waals surface area contributed by atoms with Gasteiger partial charge in [-0.15, -0.1) is 0 Å². The molecule has 5 nitrogen and oxygen atoms in total. The number of ether oxygens (including phenoxy) is 1. The van der Waals surface area contributed by atoms with Gasteiger partial charge in [0.1, 0.15) is 12.4 Å². The number of aliphatic hydroxyl groups is 1. The minimum Gasteiger partial charge on any atom is -0.489 e. The van der Waals surface area contributed by atoms with Crippen LogP contribution in [0.4, 0.5) is 10.5 Å². The SMILES string of the molecule is C=CCOc1cccc(NC(=O)N2CC[C@@H](O)C2)c1. The Balaban J connectivity index is 1.94. The van der Waals surface area contributed by atoms with Gasteiger partial charge >= 0.3 is 6.03 Å². The molecular weight excluding hydrogens is 244 g/mol. The van der Waals surface area contributed by atoms with Gasteiger partial charge in [0.25, 0.3) is 0 Å². The van der Waals surface area contributed by atoms with Crippen LogP contribution < -0.4 is 10.1 Å². The fourth-order valence-corrected chi connectivity index (χ4v) is 1.95. The number of hydrogen-bond acceptors (Lipinski definition) is 3. The average molecular weight is 262 g/mol. The molecule has 1 aliphatic heterocycles. The molecule has 19 heavy (non-hydrogen) atoms. The summed E-state index contributed by atoms with van der Waals surface area (Å²) in [5, 5.41) is 12.2. The molecule has 1 aliphatic rings. The molecule has 2 N–H and O–H groups in total. The smallest absolute Gasteiger partial charge is 0.321 e. The van der Waals surface area contributed by atoms with Crippen LogP contribution in [0.15, 0.2) is 36.9 Å². The molecule has 102 valence electrons. The van der Waals surface area contributed by atoms with Crippen molar-refractivity contribution in [1.82, 2.24) is 4.90 Å². The molecule has 2 rings (SSSR count). The summed E-state index contributed by atoms with van der Waals surface area (Å²) in [5.41, 5.74) is 0.674. The molecule has 1 fully saturated rings. The van der Waals surface area contributed by atoms with Gasteiger partial charge in [0.15, 0.2) is 0 Å². The number of aliphatic hydroxyl groups excluding tert-OH is 1. The average Bonchev–Trinajstić information content (AvgIpc) is 2.83. The van der Waals surface area contributed by atoms with E-state index in [2.05, 4.69) is 11.9 Å². The standard InChI is InChI=1S/C14H18N2O3/c1-2-8-19-13-5-3-4-11(9-13)15-14(18)16-7-6-12(17)10-16/h2-5,9,12,17H,1,6-8,10H2,(H,15,18)/t12-/m1/s1. The van der Waals surface area contributed by atoms with Crippen LogP contribution in [0.5, 0.6) is 5.75 Å². The zero-order valence-corrected chi connectivity index (χ0v) is 10.7. The first kappa shape index (κ1) is 13.4. The van der Waals surface area contributed by atoms with E-state index in [1.165, 1.54) is 0 Å². The number of rotatable bonds is 4. The molecule has 1 atom stereocenters. The van der Waals surface area contributed by atoms with Crippen molar-refractivity contribution >= 4 is 11.7 Å². The predicted molar refractivity (Wildman–Crippen MR) is 73.3 cm³/mol. The van der Waals surface area contributed by atoms with Gasteiger partial charge in [0.05, 0.1) is 6.10 Å². The molecule has 1 aromatic rings. The number of carbonyl (C=O) groups excluding carboxylic acids is 1. The molecule has 1 heterocycles. The number of urea groups is 1. The molecule has 2 amide bonds. The monoisotopic (exact) mass is 262 g/mol. The van der Waals surface area contributed by atoms with Gasteiger partial charge in [0, 0.05) is 24.8 Å². The number of nitrogens with zero attached hydrogens (tertiary/aromatic N) is 1. The van der Waals surface area contributed by atoms with Gasteiger partial charge in [-0.2, -0.15) is 0 Å². The van der Waals surface area contributed by atoms with E-state index in [1.807, 2.05) is 12.1 Å². The van der Waals surface area contributed by atoms with Crippen molar-refractivity contribution in [1.29, 1.82) is 0 Å². The number of benzene rings is 1. The van der Waals surface area contributed by atoms with Gasteiger partial charge in [-0.05, 0) is 18.6 Å². The number of nitrogens with one attached hydrogen (secondary N) is 1. The zero-order chi connectivity index (χ0) is 13.7. The third-order valence-electron chi connectivity index (χ3n) is 2.90. The zero-order valence-electron chi connectivity index (χ0n) is 10.7. The van der Waals surface area contributed by atoms with Crippen LogP contribution in [-0.4, -0.2) is 41.8 Å². The highest BCUT2D eigenvalue weighted by atomic mass is 16.5. The van der Waals surface area contributed by atoms with E-state index >= 15 is 0 Å². The third-order valence-corrected chi connectivity index (χ3v) is 2.90. The first-order valence-corrected chi connectivity index (χ1v) is 6.27. The van der Waals surface area contributed by atoms with Crippen LogP contribution in [0.25, 0.3) is 0 Å². The Morgan fingerprint density at radius 2 is 2.47 bits per heavy atom. The largest absolute Gasteiger partial charge is 0.489 e. The maximum atomic E-state index is 11.9. The summed E-state index contributed by atoms with van der Waals surface area (Å²) in [6.07, 6.45) is 1.89. The van der Waals surface area contributed by atoms with E-state index in [-0.39, 0.29) is 6.03 Å². The molecular formula is C14H18N2O3. The molecule has 0 bridgehead atoms. The van der Waals surface area contributed by atoms with Crippen molar-refractivity contribution in [2.24, 2.45) is 0 Å². The molecule has 1 saturated heterocycles. The van der Waals surface area contributed by atoms with Crippen molar-refractivity contribution in [2.45, 2.75) is 12.5 Å². The van der Waals surface area contributed by atoms with Crippen molar-refractivity contribution in [2.75, 3.05) is 25.0 Å². The summed E-state index contributed by atoms with van der Waals surface area (Å²) in [7, 11) is 0. The van der Waals surface area contributed by atoms with E-state index in [1.54, 1.807) is 23.1 Å². The van der Waals surface area contributed by atoms with Crippen LogP contribution in [0.1, 0.15) is 6.42 Å². The fraction of sp³-hybridized carbons (Fsp3) is 0.357. The molecule has 0 spiro atoms. The minimum absolute atomic E-state index is 0.197. The van der Waals surface area contributed by atoms with Crippen LogP contribution in [0, 0.1) is 0 Å². The van der Waals surface area contributed by atoms with E-state index in [0.717, 1.165) is 0 Å². The number of anilines is 1. The maximum Gasteiger partial charge on any atom is 0.321 e. The van der Waals surface area contributed by atoms with Gasteiger partial charge in [-0.25, -0.2) is 4.79 Å². The Morgan fingerprint density at radius 1 is 1.63 bits per heavy atom. The Kier molecular flexibility index (Phi) is 4.41. The van der Waals surface area contributed by atoms with E-state index in [9.17, 15) is 9.90 Å². The van der Waals surface area contributed by atoms with Gasteiger partial charge in [-0.3, -0.25) is 0 Å². The fourth-order valence-electron chi connectivity index (χ4n) is 1.95. The Labute approximate surface area is 112 Å². The summed E-state index contributed by atoms with van der Waals surface area (Å²) >= 11 is 0. The van der Waals surface area contributed by atoms with Crippen molar-refractivity contribution in [3.63, 3.8) is 0 Å². The predicted octanol–water partition coefficient (Wildman–Crippen LogP) is 1.85. The molecule has 0 aromatic heterocycles. The lowest BCUT2D eigenvalue weighted by Gasteiger charge is -2.16. The second-order valence-corrected chi connectivity index (χ2v) is 4.45. The number of hydrogen-bond donors (Lipinski definition) is 2. The van der Waals surface area contributed by atoms with E-state index in [4.69, 9.17) is 4.74 Å². The maximum absolute atomic E-state index is 11.9.